The number of nitrogens with zero attached hydrogens (tertiary/aromatic N) is 3. The smallest absolute Gasteiger partial charge is 0.225 e. The van der Waals surface area contributed by atoms with Gasteiger partial charge < -0.3 is 4.90 Å². The van der Waals surface area contributed by atoms with Crippen LogP contribution >= 0.6 is 0 Å². The first kappa shape index (κ1) is 12.9. The van der Waals surface area contributed by atoms with Gasteiger partial charge >= 0.3 is 0 Å². The van der Waals surface area contributed by atoms with E-state index in [1.54, 1.807) is 0 Å². The molecule has 0 unspecified atom stereocenters. The van der Waals surface area contributed by atoms with Crippen molar-refractivity contribution in [3.8, 4) is 0 Å². The molecule has 0 aliphatic carbocycles. The summed E-state index contributed by atoms with van der Waals surface area (Å²) in [7, 11) is 0. The molecule has 1 heterocycles. The zero-order chi connectivity index (χ0) is 11.8. The molecule has 0 N–H and O–H groups in total. The van der Waals surface area contributed by atoms with Crippen molar-refractivity contribution in [2.75, 3.05) is 18.0 Å². The molecule has 0 saturated carbocycles. The predicted molar refractivity (Wildman–Crippen MR) is 68.8 cm³/mol. The van der Waals surface area contributed by atoms with Crippen LogP contribution in [0, 0.1) is 0 Å². The Balaban J connectivity index is 2.67. The van der Waals surface area contributed by atoms with Crippen molar-refractivity contribution in [3.63, 3.8) is 0 Å². The van der Waals surface area contributed by atoms with E-state index in [1.165, 1.54) is 18.4 Å². The first-order valence-corrected chi connectivity index (χ1v) is 6.37. The van der Waals surface area contributed by atoms with E-state index in [1.807, 2.05) is 12.4 Å². The Bertz CT molecular complexity index is 282. The highest BCUT2D eigenvalue weighted by Gasteiger charge is 2.07. The van der Waals surface area contributed by atoms with Crippen LogP contribution in [0.4, 0.5) is 5.95 Å². The van der Waals surface area contributed by atoms with Crippen LogP contribution in [0.2, 0.25) is 0 Å². The molecule has 0 aliphatic heterocycles. The second kappa shape index (κ2) is 7.20. The number of anilines is 1. The van der Waals surface area contributed by atoms with Gasteiger partial charge in [-0.2, -0.15) is 0 Å². The average Bonchev–Trinajstić information content (AvgIpc) is 2.35. The van der Waals surface area contributed by atoms with Crippen LogP contribution < -0.4 is 4.90 Å². The molecule has 1 aromatic heterocycles. The maximum Gasteiger partial charge on any atom is 0.225 e. The van der Waals surface area contributed by atoms with Crippen LogP contribution in [0.5, 0.6) is 0 Å². The van der Waals surface area contributed by atoms with Crippen LogP contribution in [0.3, 0.4) is 0 Å². The highest BCUT2D eigenvalue weighted by molar-refractivity contribution is 5.29. The van der Waals surface area contributed by atoms with Crippen molar-refractivity contribution in [2.24, 2.45) is 0 Å². The molecule has 0 bridgehead atoms. The molecular formula is C13H23N3. The summed E-state index contributed by atoms with van der Waals surface area (Å²) in [5.74, 6) is 0.882. The number of hydrogen-bond donors (Lipinski definition) is 0. The molecule has 90 valence electrons. The van der Waals surface area contributed by atoms with Crippen molar-refractivity contribution >= 4 is 5.95 Å². The maximum absolute atomic E-state index is 4.44. The minimum Gasteiger partial charge on any atom is -0.341 e. The summed E-state index contributed by atoms with van der Waals surface area (Å²) in [5.41, 5.74) is 1.20. The summed E-state index contributed by atoms with van der Waals surface area (Å²) in [5, 5.41) is 0. The van der Waals surface area contributed by atoms with Crippen LogP contribution in [-0.4, -0.2) is 23.1 Å². The zero-order valence-electron chi connectivity index (χ0n) is 10.7. The van der Waals surface area contributed by atoms with Crippen molar-refractivity contribution in [1.29, 1.82) is 0 Å². The summed E-state index contributed by atoms with van der Waals surface area (Å²) < 4.78 is 0. The highest BCUT2D eigenvalue weighted by atomic mass is 15.2. The third kappa shape index (κ3) is 3.80. The van der Waals surface area contributed by atoms with Gasteiger partial charge in [0.1, 0.15) is 0 Å². The number of hydrogen-bond acceptors (Lipinski definition) is 3. The number of unbranched alkanes of at least 4 members (excludes halogenated alkanes) is 1. The Morgan fingerprint density at radius 2 is 1.69 bits per heavy atom. The second-order valence-corrected chi connectivity index (χ2v) is 4.09. The standard InChI is InChI=1S/C13H23N3/c1-4-7-9-16(8-5-2)13-14-10-12(6-3)11-15-13/h10-11H,4-9H2,1-3H3. The lowest BCUT2D eigenvalue weighted by atomic mass is 10.3. The Morgan fingerprint density at radius 1 is 1.00 bits per heavy atom. The molecule has 3 heteroatoms. The fourth-order valence-corrected chi connectivity index (χ4v) is 1.62. The molecule has 16 heavy (non-hydrogen) atoms. The molecule has 0 fully saturated rings. The highest BCUT2D eigenvalue weighted by Crippen LogP contribution is 2.09. The third-order valence-corrected chi connectivity index (χ3v) is 2.66. The topological polar surface area (TPSA) is 29.0 Å². The van der Waals surface area contributed by atoms with E-state index in [0.29, 0.717) is 0 Å². The largest absolute Gasteiger partial charge is 0.341 e. The molecule has 3 nitrogen and oxygen atoms in total. The van der Waals surface area contributed by atoms with Gasteiger partial charge in [-0.3, -0.25) is 0 Å². The quantitative estimate of drug-likeness (QED) is 0.708. The van der Waals surface area contributed by atoms with Crippen LogP contribution in [0.15, 0.2) is 12.4 Å². The van der Waals surface area contributed by atoms with Crippen LogP contribution in [0.25, 0.3) is 0 Å². The normalized spacial score (nSPS) is 10.4. The summed E-state index contributed by atoms with van der Waals surface area (Å²) in [6, 6.07) is 0. The van der Waals surface area contributed by atoms with Gasteiger partial charge in [0.2, 0.25) is 5.95 Å². The van der Waals surface area contributed by atoms with Crippen molar-refractivity contribution in [3.05, 3.63) is 18.0 Å². The Kier molecular flexibility index (Phi) is 5.83. The zero-order valence-corrected chi connectivity index (χ0v) is 10.7. The van der Waals surface area contributed by atoms with Crippen molar-refractivity contribution in [1.82, 2.24) is 9.97 Å². The molecule has 0 atom stereocenters. The summed E-state index contributed by atoms with van der Waals surface area (Å²) in [4.78, 5) is 11.2. The lowest BCUT2D eigenvalue weighted by molar-refractivity contribution is 0.685. The first-order valence-electron chi connectivity index (χ1n) is 6.37. The summed E-state index contributed by atoms with van der Waals surface area (Å²) >= 11 is 0. The Morgan fingerprint density at radius 3 is 2.19 bits per heavy atom. The van der Waals surface area contributed by atoms with Gasteiger partial charge in [0, 0.05) is 25.5 Å². The van der Waals surface area contributed by atoms with E-state index in [4.69, 9.17) is 0 Å². The summed E-state index contributed by atoms with van der Waals surface area (Å²) in [6.45, 7) is 8.64. The summed E-state index contributed by atoms with van der Waals surface area (Å²) in [6.07, 6.45) is 8.45. The predicted octanol–water partition coefficient (Wildman–Crippen LogP) is 3.06. The third-order valence-electron chi connectivity index (χ3n) is 2.66. The second-order valence-electron chi connectivity index (χ2n) is 4.09. The Hall–Kier alpha value is -1.12. The fraction of sp³-hybridized carbons (Fsp3) is 0.692. The molecule has 1 aromatic rings. The van der Waals surface area contributed by atoms with E-state index < -0.39 is 0 Å². The minimum absolute atomic E-state index is 0.882. The molecule has 0 saturated heterocycles. The molecule has 0 aliphatic rings. The van der Waals surface area contributed by atoms with Gasteiger partial charge in [-0.25, -0.2) is 9.97 Å². The SMILES string of the molecule is CCCCN(CCC)c1ncc(CC)cn1. The van der Waals surface area contributed by atoms with Gasteiger partial charge in [0.25, 0.3) is 0 Å². The molecular weight excluding hydrogens is 198 g/mol. The van der Waals surface area contributed by atoms with Crippen LogP contribution in [0.1, 0.15) is 45.6 Å². The van der Waals surface area contributed by atoms with Gasteiger partial charge in [-0.1, -0.05) is 27.2 Å². The maximum atomic E-state index is 4.44. The van der Waals surface area contributed by atoms with Gasteiger partial charge in [-0.05, 0) is 24.8 Å². The average molecular weight is 221 g/mol. The number of aryl methyl sites for hydroxylation is 1. The molecule has 0 spiro atoms. The molecule has 0 aromatic carbocycles. The number of aromatic nitrogens is 2. The fourth-order valence-electron chi connectivity index (χ4n) is 1.62. The van der Waals surface area contributed by atoms with Gasteiger partial charge in [0.15, 0.2) is 0 Å². The van der Waals surface area contributed by atoms with E-state index in [-0.39, 0.29) is 0 Å². The van der Waals surface area contributed by atoms with Crippen LogP contribution in [-0.2, 0) is 6.42 Å². The minimum atomic E-state index is 0.882. The van der Waals surface area contributed by atoms with E-state index in [2.05, 4.69) is 35.6 Å². The molecule has 0 amide bonds. The van der Waals surface area contributed by atoms with Crippen molar-refractivity contribution < 1.29 is 0 Å². The van der Waals surface area contributed by atoms with Gasteiger partial charge in [-0.15, -0.1) is 0 Å². The van der Waals surface area contributed by atoms with E-state index in [0.717, 1.165) is 31.9 Å². The van der Waals surface area contributed by atoms with Crippen molar-refractivity contribution in [2.45, 2.75) is 46.5 Å². The number of rotatable bonds is 7. The molecule has 0 radical (unpaired) electrons. The first-order chi connectivity index (χ1) is 7.81. The van der Waals surface area contributed by atoms with E-state index >= 15 is 0 Å². The lowest BCUT2D eigenvalue weighted by Gasteiger charge is -2.21. The Labute approximate surface area is 98.9 Å². The molecule has 1 rings (SSSR count). The van der Waals surface area contributed by atoms with E-state index in [9.17, 15) is 0 Å². The monoisotopic (exact) mass is 221 g/mol. The van der Waals surface area contributed by atoms with Gasteiger partial charge in [0.05, 0.1) is 0 Å². The lowest BCUT2D eigenvalue weighted by Crippen LogP contribution is -2.27.